The van der Waals surface area contributed by atoms with E-state index in [0.717, 1.165) is 47.1 Å². The summed E-state index contributed by atoms with van der Waals surface area (Å²) in [4.78, 5) is 19.7. The van der Waals surface area contributed by atoms with Crippen LogP contribution in [0.1, 0.15) is 11.4 Å². The summed E-state index contributed by atoms with van der Waals surface area (Å²) in [6.07, 6.45) is 0.656. The van der Waals surface area contributed by atoms with Crippen molar-refractivity contribution in [3.05, 3.63) is 35.7 Å². The van der Waals surface area contributed by atoms with Gasteiger partial charge in [-0.3, -0.25) is 0 Å². The lowest BCUT2D eigenvalue weighted by atomic mass is 10.2. The Morgan fingerprint density at radius 3 is 2.78 bits per heavy atom. The number of para-hydroxylation sites is 1. The molecule has 3 aromatic rings. The van der Waals surface area contributed by atoms with E-state index in [1.54, 1.807) is 7.11 Å². The molecular formula is C19H24N6O2. The van der Waals surface area contributed by atoms with Crippen molar-refractivity contribution in [3.8, 4) is 0 Å². The summed E-state index contributed by atoms with van der Waals surface area (Å²) >= 11 is 0. The molecule has 0 aliphatic carbocycles. The third-order valence-electron chi connectivity index (χ3n) is 4.61. The number of rotatable bonds is 6. The summed E-state index contributed by atoms with van der Waals surface area (Å²) in [6, 6.07) is 8.11. The number of benzene rings is 1. The second kappa shape index (κ2) is 7.89. The number of anilines is 3. The van der Waals surface area contributed by atoms with E-state index in [1.165, 1.54) is 0 Å². The van der Waals surface area contributed by atoms with Crippen LogP contribution in [0.15, 0.2) is 24.3 Å². The van der Waals surface area contributed by atoms with Crippen LogP contribution in [0, 0.1) is 6.92 Å². The van der Waals surface area contributed by atoms with Crippen LogP contribution < -0.4 is 10.2 Å². The molecule has 27 heavy (non-hydrogen) atoms. The van der Waals surface area contributed by atoms with E-state index in [4.69, 9.17) is 19.4 Å². The molecular weight excluding hydrogens is 344 g/mol. The monoisotopic (exact) mass is 368 g/mol. The number of aromatic amines is 1. The molecule has 1 aliphatic heterocycles. The maximum Gasteiger partial charge on any atom is 0.207 e. The molecule has 0 radical (unpaired) electrons. The van der Waals surface area contributed by atoms with E-state index in [9.17, 15) is 0 Å². The first-order chi connectivity index (χ1) is 13.2. The molecule has 142 valence electrons. The zero-order chi connectivity index (χ0) is 18.6. The van der Waals surface area contributed by atoms with Crippen LogP contribution in [0.3, 0.4) is 0 Å². The van der Waals surface area contributed by atoms with Crippen LogP contribution in [0.5, 0.6) is 0 Å². The number of nitrogens with one attached hydrogen (secondary N) is 2. The maximum absolute atomic E-state index is 5.48. The molecule has 0 spiro atoms. The molecule has 0 bridgehead atoms. The van der Waals surface area contributed by atoms with Crippen LogP contribution in [0.2, 0.25) is 0 Å². The summed E-state index contributed by atoms with van der Waals surface area (Å²) < 4.78 is 10.7. The lowest BCUT2D eigenvalue weighted by Crippen LogP contribution is -2.37. The Kier molecular flexibility index (Phi) is 5.17. The highest BCUT2D eigenvalue weighted by Gasteiger charge is 2.20. The summed E-state index contributed by atoms with van der Waals surface area (Å²) in [5, 5.41) is 3.35. The molecule has 1 aliphatic rings. The predicted molar refractivity (Wildman–Crippen MR) is 105 cm³/mol. The Bertz CT molecular complexity index is 920. The minimum Gasteiger partial charge on any atom is -0.384 e. The zero-order valence-corrected chi connectivity index (χ0v) is 15.7. The fraction of sp³-hybridized carbons (Fsp3) is 0.421. The van der Waals surface area contributed by atoms with Gasteiger partial charge in [0.2, 0.25) is 5.95 Å². The average molecular weight is 368 g/mol. The second-order valence-corrected chi connectivity index (χ2v) is 6.53. The normalized spacial score (nSPS) is 14.7. The van der Waals surface area contributed by atoms with E-state index < -0.39 is 0 Å². The first kappa shape index (κ1) is 17.7. The second-order valence-electron chi connectivity index (χ2n) is 6.53. The molecule has 1 fully saturated rings. The van der Waals surface area contributed by atoms with Crippen molar-refractivity contribution in [3.63, 3.8) is 0 Å². The van der Waals surface area contributed by atoms with Crippen LogP contribution in [-0.4, -0.2) is 60.0 Å². The zero-order valence-electron chi connectivity index (χ0n) is 15.7. The van der Waals surface area contributed by atoms with Gasteiger partial charge in [0.25, 0.3) is 0 Å². The number of nitrogens with zero attached hydrogens (tertiary/aromatic N) is 4. The van der Waals surface area contributed by atoms with Gasteiger partial charge in [-0.25, -0.2) is 15.0 Å². The molecule has 3 heterocycles. The lowest BCUT2D eigenvalue weighted by Gasteiger charge is -2.28. The molecule has 8 heteroatoms. The third kappa shape index (κ3) is 3.86. The molecule has 0 amide bonds. The minimum absolute atomic E-state index is 0.580. The fourth-order valence-electron chi connectivity index (χ4n) is 3.13. The third-order valence-corrected chi connectivity index (χ3v) is 4.61. The number of hydrogen-bond donors (Lipinski definition) is 2. The number of methoxy groups -OCH3 is 1. The highest BCUT2D eigenvalue weighted by atomic mass is 16.5. The highest BCUT2D eigenvalue weighted by molar-refractivity contribution is 5.86. The van der Waals surface area contributed by atoms with Gasteiger partial charge in [0.15, 0.2) is 17.0 Å². The van der Waals surface area contributed by atoms with Gasteiger partial charge in [-0.15, -0.1) is 0 Å². The predicted octanol–water partition coefficient (Wildman–Crippen LogP) is 2.43. The Labute approximate surface area is 157 Å². The van der Waals surface area contributed by atoms with Crippen molar-refractivity contribution >= 4 is 28.6 Å². The summed E-state index contributed by atoms with van der Waals surface area (Å²) in [6.45, 7) is 5.62. The smallest absolute Gasteiger partial charge is 0.207 e. The van der Waals surface area contributed by atoms with Gasteiger partial charge in [-0.1, -0.05) is 18.2 Å². The van der Waals surface area contributed by atoms with Gasteiger partial charge >= 0.3 is 0 Å². The summed E-state index contributed by atoms with van der Waals surface area (Å²) in [5.74, 6) is 2.26. The summed E-state index contributed by atoms with van der Waals surface area (Å²) in [5.41, 5.74) is 3.66. The van der Waals surface area contributed by atoms with Crippen molar-refractivity contribution < 1.29 is 9.47 Å². The number of aryl methyl sites for hydroxylation is 1. The lowest BCUT2D eigenvalue weighted by molar-refractivity contribution is 0.122. The standard InChI is InChI=1S/C19H24N6O2/c1-13-5-3-4-6-14(13)20-19-23-16-17(24-19)21-15(7-10-26-2)22-18(16)25-8-11-27-12-9-25/h3-6H,7-12H2,1-2H3,(H2,20,21,22,23,24). The average Bonchev–Trinajstić information content (AvgIpc) is 3.10. The Morgan fingerprint density at radius 1 is 1.19 bits per heavy atom. The van der Waals surface area contributed by atoms with Gasteiger partial charge in [0.05, 0.1) is 19.8 Å². The van der Waals surface area contributed by atoms with Gasteiger partial charge in [-0.2, -0.15) is 0 Å². The quantitative estimate of drug-likeness (QED) is 0.691. The molecule has 0 atom stereocenters. The molecule has 1 saturated heterocycles. The first-order valence-corrected chi connectivity index (χ1v) is 9.15. The van der Waals surface area contributed by atoms with Gasteiger partial charge in [0.1, 0.15) is 5.82 Å². The number of H-pyrrole nitrogens is 1. The molecule has 0 unspecified atom stereocenters. The van der Waals surface area contributed by atoms with Crippen LogP contribution >= 0.6 is 0 Å². The molecule has 1 aromatic carbocycles. The van der Waals surface area contributed by atoms with Crippen molar-refractivity contribution in [1.29, 1.82) is 0 Å². The van der Waals surface area contributed by atoms with Crippen LogP contribution in [0.25, 0.3) is 11.2 Å². The van der Waals surface area contributed by atoms with E-state index in [-0.39, 0.29) is 0 Å². The fourth-order valence-corrected chi connectivity index (χ4v) is 3.13. The topological polar surface area (TPSA) is 88.2 Å². The van der Waals surface area contributed by atoms with Crippen LogP contribution in [-0.2, 0) is 15.9 Å². The van der Waals surface area contributed by atoms with E-state index in [0.29, 0.717) is 32.2 Å². The highest BCUT2D eigenvalue weighted by Crippen LogP contribution is 2.26. The Hall–Kier alpha value is -2.71. The maximum atomic E-state index is 5.48. The number of aromatic nitrogens is 4. The molecule has 2 aromatic heterocycles. The van der Waals surface area contributed by atoms with Gasteiger partial charge in [0, 0.05) is 32.3 Å². The minimum atomic E-state index is 0.580. The molecule has 8 nitrogen and oxygen atoms in total. The van der Waals surface area contributed by atoms with Crippen molar-refractivity contribution in [2.75, 3.05) is 50.2 Å². The molecule has 2 N–H and O–H groups in total. The van der Waals surface area contributed by atoms with Crippen molar-refractivity contribution in [2.24, 2.45) is 0 Å². The SMILES string of the molecule is COCCc1nc(N2CCOCC2)c2nc(Nc3ccccc3C)[nH]c2n1. The largest absolute Gasteiger partial charge is 0.384 e. The molecule has 4 rings (SSSR count). The van der Waals surface area contributed by atoms with E-state index in [2.05, 4.69) is 33.2 Å². The first-order valence-electron chi connectivity index (χ1n) is 9.15. The Morgan fingerprint density at radius 2 is 2.00 bits per heavy atom. The number of ether oxygens (including phenoxy) is 2. The number of imidazole rings is 1. The number of morpholine rings is 1. The van der Waals surface area contributed by atoms with Gasteiger partial charge < -0.3 is 24.7 Å². The number of fused-ring (bicyclic) bond motifs is 1. The van der Waals surface area contributed by atoms with Crippen molar-refractivity contribution in [1.82, 2.24) is 19.9 Å². The summed E-state index contributed by atoms with van der Waals surface area (Å²) in [7, 11) is 1.68. The number of hydrogen-bond acceptors (Lipinski definition) is 7. The van der Waals surface area contributed by atoms with Crippen molar-refractivity contribution in [2.45, 2.75) is 13.3 Å². The van der Waals surface area contributed by atoms with E-state index >= 15 is 0 Å². The van der Waals surface area contributed by atoms with E-state index in [1.807, 2.05) is 18.2 Å². The Balaban J connectivity index is 1.72. The molecule has 0 saturated carbocycles. The van der Waals surface area contributed by atoms with Crippen LogP contribution in [0.4, 0.5) is 17.5 Å². The van der Waals surface area contributed by atoms with Gasteiger partial charge in [-0.05, 0) is 18.6 Å².